The summed E-state index contributed by atoms with van der Waals surface area (Å²) in [5.41, 5.74) is 22.7. The Morgan fingerprint density at radius 1 is 0.476 bits per heavy atom. The number of halogens is 1. The van der Waals surface area contributed by atoms with E-state index in [1.807, 2.05) is 18.2 Å². The van der Waals surface area contributed by atoms with Gasteiger partial charge in [0.05, 0.1) is 0 Å². The van der Waals surface area contributed by atoms with Crippen LogP contribution in [0.1, 0.15) is 81.0 Å². The number of allylic oxidation sites excluding steroid dienone is 3. The summed E-state index contributed by atoms with van der Waals surface area (Å²) in [7, 11) is 0. The molecule has 0 aliphatic heterocycles. The molecule has 63 heavy (non-hydrogen) atoms. The lowest BCUT2D eigenvalue weighted by molar-refractivity contribution is 0.625. The Bertz CT molecular complexity index is 2960. The number of benzene rings is 8. The van der Waals surface area contributed by atoms with Gasteiger partial charge in [-0.1, -0.05) is 169 Å². The minimum absolute atomic E-state index is 0.271. The molecule has 8 aromatic rings. The molecule has 0 atom stereocenters. The van der Waals surface area contributed by atoms with Gasteiger partial charge in [-0.3, -0.25) is 0 Å². The summed E-state index contributed by atoms with van der Waals surface area (Å²) in [4.78, 5) is 2.21. The Morgan fingerprint density at radius 2 is 0.984 bits per heavy atom. The van der Waals surface area contributed by atoms with Crippen molar-refractivity contribution in [3.8, 4) is 11.1 Å². The first-order valence-corrected chi connectivity index (χ1v) is 22.2. The third-order valence-electron chi connectivity index (χ3n) is 12.9. The zero-order valence-electron chi connectivity index (χ0n) is 36.2. The first-order chi connectivity index (χ1) is 30.9. The molecule has 2 aliphatic carbocycles. The number of anilines is 3. The molecule has 0 amide bonds. The van der Waals surface area contributed by atoms with Crippen LogP contribution in [-0.4, -0.2) is 0 Å². The number of fused-ring (bicyclic) bond motifs is 4. The molecular weight excluding hydrogens is 766 g/mol. The van der Waals surface area contributed by atoms with Crippen LogP contribution in [0.15, 0.2) is 194 Å². The van der Waals surface area contributed by atoms with Crippen LogP contribution in [0.25, 0.3) is 39.5 Å². The minimum Gasteiger partial charge on any atom is -0.310 e. The molecule has 0 bridgehead atoms. The summed E-state index contributed by atoms with van der Waals surface area (Å²) < 4.78 is 16.8. The van der Waals surface area contributed by atoms with Crippen molar-refractivity contribution in [2.45, 2.75) is 46.5 Å². The predicted octanol–water partition coefficient (Wildman–Crippen LogP) is 16.4. The zero-order chi connectivity index (χ0) is 42.9. The molecule has 0 unspecified atom stereocenters. The van der Waals surface area contributed by atoms with E-state index >= 15 is 4.39 Å². The maximum Gasteiger partial charge on any atom is 0.132 e. The first-order valence-electron chi connectivity index (χ1n) is 22.2. The first kappa shape index (κ1) is 39.8. The van der Waals surface area contributed by atoms with Crippen molar-refractivity contribution < 1.29 is 4.39 Å². The van der Waals surface area contributed by atoms with Gasteiger partial charge in [0.15, 0.2) is 0 Å². The number of aryl methyl sites for hydroxylation is 4. The zero-order valence-corrected chi connectivity index (χ0v) is 36.2. The maximum absolute atomic E-state index is 16.8. The van der Waals surface area contributed by atoms with Crippen molar-refractivity contribution in [1.82, 2.24) is 0 Å². The summed E-state index contributed by atoms with van der Waals surface area (Å²) in [5.74, 6) is -0.271. The van der Waals surface area contributed by atoms with Crippen molar-refractivity contribution >= 4 is 45.4 Å². The Kier molecular flexibility index (Phi) is 10.9. The lowest BCUT2D eigenvalue weighted by Gasteiger charge is -2.28. The molecular formula is C61H50FN. The summed E-state index contributed by atoms with van der Waals surface area (Å²) in [6.45, 7) is 6.48. The van der Waals surface area contributed by atoms with Gasteiger partial charge in [-0.2, -0.15) is 0 Å². The summed E-state index contributed by atoms with van der Waals surface area (Å²) in [6, 6.07) is 66.5. The van der Waals surface area contributed by atoms with E-state index in [2.05, 4.69) is 202 Å². The van der Waals surface area contributed by atoms with E-state index < -0.39 is 0 Å². The minimum atomic E-state index is -0.271. The van der Waals surface area contributed by atoms with Crippen LogP contribution in [0.2, 0.25) is 0 Å². The molecule has 0 saturated carbocycles. The van der Waals surface area contributed by atoms with E-state index in [0.29, 0.717) is 5.56 Å². The molecule has 0 saturated heterocycles. The molecule has 8 aromatic carbocycles. The second kappa shape index (κ2) is 17.2. The topological polar surface area (TPSA) is 3.24 Å². The molecule has 0 fully saturated rings. The van der Waals surface area contributed by atoms with E-state index in [-0.39, 0.29) is 5.82 Å². The van der Waals surface area contributed by atoms with Crippen molar-refractivity contribution in [3.63, 3.8) is 0 Å². The average Bonchev–Trinajstić information content (AvgIpc) is 3.65. The van der Waals surface area contributed by atoms with E-state index in [0.717, 1.165) is 52.2 Å². The molecule has 10 rings (SSSR count). The van der Waals surface area contributed by atoms with Gasteiger partial charge in [0.25, 0.3) is 0 Å². The van der Waals surface area contributed by atoms with Gasteiger partial charge in [-0.05, 0) is 167 Å². The fourth-order valence-corrected chi connectivity index (χ4v) is 9.56. The SMILES string of the molecule is CC(=C(c1ccc(C)cc1)c1ccc(C)cc1)c1ccc(N(c2ccc(C=CC(=C3c4ccccc4-c4ccccc43)c3ccccc3)c(F)c2)c2ccc3c(c2)CCCC3)cc1. The van der Waals surface area contributed by atoms with Gasteiger partial charge in [0.1, 0.15) is 5.82 Å². The average molecular weight is 816 g/mol. The second-order valence-electron chi connectivity index (χ2n) is 17.1. The van der Waals surface area contributed by atoms with Gasteiger partial charge in [-0.15, -0.1) is 0 Å². The van der Waals surface area contributed by atoms with Crippen LogP contribution in [-0.2, 0) is 12.8 Å². The van der Waals surface area contributed by atoms with Gasteiger partial charge >= 0.3 is 0 Å². The van der Waals surface area contributed by atoms with Gasteiger partial charge in [-0.25, -0.2) is 4.39 Å². The fraction of sp³-hybridized carbons (Fsp3) is 0.115. The normalized spacial score (nSPS) is 12.7. The van der Waals surface area contributed by atoms with Gasteiger partial charge in [0.2, 0.25) is 0 Å². The van der Waals surface area contributed by atoms with E-state index in [4.69, 9.17) is 0 Å². The summed E-state index contributed by atoms with van der Waals surface area (Å²) in [5, 5.41) is 0. The quantitative estimate of drug-likeness (QED) is 0.131. The molecule has 1 nitrogen and oxygen atoms in total. The van der Waals surface area contributed by atoms with Crippen LogP contribution in [0.3, 0.4) is 0 Å². The Morgan fingerprint density at radius 3 is 1.59 bits per heavy atom. The molecule has 0 heterocycles. The standard InChI is InChI=1S/C61H50FN/c1-41-21-25-48(26-22-41)60(49-27-23-42(2)24-28-49)43(3)44-29-34-51(35-30-44)63(52-36-31-45-13-7-8-16-50(45)39-52)53-37-32-47(59(62)40-53)33-38-54(46-14-5-4-6-15-46)61-57-19-11-9-17-55(57)56-18-10-12-20-58(56)61/h4-6,9-12,14-15,17-40H,7-8,13,16H2,1-3H3. The monoisotopic (exact) mass is 815 g/mol. The maximum atomic E-state index is 16.8. The highest BCUT2D eigenvalue weighted by Gasteiger charge is 2.26. The molecule has 2 aliphatic rings. The van der Waals surface area contributed by atoms with Crippen molar-refractivity contribution in [3.05, 3.63) is 261 Å². The molecule has 0 radical (unpaired) electrons. The largest absolute Gasteiger partial charge is 0.310 e. The molecule has 306 valence electrons. The van der Waals surface area contributed by atoms with Gasteiger partial charge in [0, 0.05) is 22.6 Å². The Balaban J connectivity index is 1.05. The summed E-state index contributed by atoms with van der Waals surface area (Å²) in [6.07, 6.45) is 8.61. The van der Waals surface area contributed by atoms with Crippen LogP contribution >= 0.6 is 0 Å². The smallest absolute Gasteiger partial charge is 0.132 e. The van der Waals surface area contributed by atoms with E-state index in [1.54, 1.807) is 6.07 Å². The number of nitrogens with zero attached hydrogens (tertiary/aromatic N) is 1. The molecule has 0 spiro atoms. The Hall–Kier alpha value is -7.29. The third kappa shape index (κ3) is 7.90. The van der Waals surface area contributed by atoms with E-state index in [9.17, 15) is 0 Å². The van der Waals surface area contributed by atoms with Crippen molar-refractivity contribution in [2.24, 2.45) is 0 Å². The Labute approximate surface area is 371 Å². The van der Waals surface area contributed by atoms with E-state index in [1.165, 1.54) is 79.6 Å². The lowest BCUT2D eigenvalue weighted by Crippen LogP contribution is -2.12. The van der Waals surface area contributed by atoms with Crippen LogP contribution < -0.4 is 4.90 Å². The number of hydrogen-bond donors (Lipinski definition) is 0. The molecule has 0 N–H and O–H groups in total. The predicted molar refractivity (Wildman–Crippen MR) is 265 cm³/mol. The molecule has 2 heteroatoms. The lowest BCUT2D eigenvalue weighted by atomic mass is 9.89. The highest BCUT2D eigenvalue weighted by Crippen LogP contribution is 2.48. The van der Waals surface area contributed by atoms with Crippen LogP contribution in [0.5, 0.6) is 0 Å². The van der Waals surface area contributed by atoms with Crippen LogP contribution in [0, 0.1) is 19.7 Å². The molecule has 0 aromatic heterocycles. The number of hydrogen-bond acceptors (Lipinski definition) is 1. The third-order valence-corrected chi connectivity index (χ3v) is 12.9. The summed E-state index contributed by atoms with van der Waals surface area (Å²) >= 11 is 0. The van der Waals surface area contributed by atoms with Crippen molar-refractivity contribution in [1.29, 1.82) is 0 Å². The van der Waals surface area contributed by atoms with Crippen molar-refractivity contribution in [2.75, 3.05) is 4.90 Å². The fourth-order valence-electron chi connectivity index (χ4n) is 9.56. The second-order valence-corrected chi connectivity index (χ2v) is 17.1. The number of rotatable bonds is 9. The highest BCUT2D eigenvalue weighted by atomic mass is 19.1. The highest BCUT2D eigenvalue weighted by molar-refractivity contribution is 6.13. The van der Waals surface area contributed by atoms with Gasteiger partial charge < -0.3 is 4.90 Å². The van der Waals surface area contributed by atoms with Crippen LogP contribution in [0.4, 0.5) is 21.5 Å².